The molecule has 1 saturated heterocycles. The minimum Gasteiger partial charge on any atom is -0.394 e. The number of allylic oxidation sites excluding steroid dienone is 2. The second-order valence-corrected chi connectivity index (χ2v) is 10.2. The average Bonchev–Trinajstić information content (AvgIpc) is 2.92. The Balaban J connectivity index is 1.90. The minimum absolute atomic E-state index is 0.00694. The molecule has 3 aromatic rings. The van der Waals surface area contributed by atoms with Gasteiger partial charge in [0.1, 0.15) is 17.2 Å². The van der Waals surface area contributed by atoms with Crippen LogP contribution in [0.5, 0.6) is 0 Å². The van der Waals surface area contributed by atoms with Crippen molar-refractivity contribution in [2.75, 3.05) is 36.8 Å². The van der Waals surface area contributed by atoms with Crippen LogP contribution in [0.3, 0.4) is 0 Å². The number of dihydropyridines is 1. The highest BCUT2D eigenvalue weighted by molar-refractivity contribution is 6.33. The molecule has 2 aliphatic heterocycles. The van der Waals surface area contributed by atoms with Crippen LogP contribution in [-0.4, -0.2) is 46.8 Å². The molecule has 0 saturated carbocycles. The number of halogens is 5. The van der Waals surface area contributed by atoms with E-state index in [1.807, 2.05) is 25.7 Å². The van der Waals surface area contributed by atoms with E-state index in [1.165, 1.54) is 4.57 Å². The minimum atomic E-state index is -1.69. The van der Waals surface area contributed by atoms with Gasteiger partial charge >= 0.3 is 5.69 Å². The van der Waals surface area contributed by atoms with Crippen LogP contribution in [0, 0.1) is 29.2 Å². The molecule has 0 aliphatic carbocycles. The molecule has 4 heterocycles. The molecular weight excluding hydrogens is 538 g/mol. The number of aromatic nitrogens is 3. The van der Waals surface area contributed by atoms with E-state index in [2.05, 4.69) is 20.6 Å². The quantitative estimate of drug-likeness (QED) is 0.191. The number of piperazine rings is 1. The molecule has 0 bridgehead atoms. The van der Waals surface area contributed by atoms with E-state index >= 15 is 8.78 Å². The topological polar surface area (TPSA) is 101 Å². The highest BCUT2D eigenvalue weighted by Crippen LogP contribution is 2.40. The first kappa shape index (κ1) is 26.9. The molecule has 0 unspecified atom stereocenters. The molecule has 13 heteroatoms. The second-order valence-electron chi connectivity index (χ2n) is 9.81. The Morgan fingerprint density at radius 3 is 2.46 bits per heavy atom. The monoisotopic (exact) mass is 563 g/mol. The zero-order valence-corrected chi connectivity index (χ0v) is 22.1. The summed E-state index contributed by atoms with van der Waals surface area (Å²) in [5, 5.41) is 5.60. The Kier molecular flexibility index (Phi) is 7.02. The molecule has 206 valence electrons. The molecule has 5 rings (SSSR count). The Morgan fingerprint density at radius 1 is 1.10 bits per heavy atom. The second kappa shape index (κ2) is 10.2. The van der Waals surface area contributed by atoms with Crippen molar-refractivity contribution in [1.29, 1.82) is 0 Å². The van der Waals surface area contributed by atoms with Crippen LogP contribution >= 0.6 is 11.6 Å². The molecule has 0 radical (unpaired) electrons. The number of fused-ring (bicyclic) bond motifs is 1. The number of nitrogens with one attached hydrogen (secondary N) is 2. The van der Waals surface area contributed by atoms with Crippen LogP contribution in [0.1, 0.15) is 20.8 Å². The maximum absolute atomic E-state index is 15.7. The van der Waals surface area contributed by atoms with Gasteiger partial charge in [0.25, 0.3) is 0 Å². The van der Waals surface area contributed by atoms with Crippen molar-refractivity contribution in [1.82, 2.24) is 25.2 Å². The van der Waals surface area contributed by atoms with Crippen LogP contribution in [0.2, 0.25) is 5.02 Å². The fraction of sp³-hybridized carbons (Fsp3) is 0.346. The van der Waals surface area contributed by atoms with E-state index in [9.17, 15) is 13.6 Å². The van der Waals surface area contributed by atoms with Crippen molar-refractivity contribution in [3.8, 4) is 11.3 Å². The molecule has 2 aromatic heterocycles. The average molecular weight is 564 g/mol. The van der Waals surface area contributed by atoms with Crippen LogP contribution in [0.25, 0.3) is 28.0 Å². The summed E-state index contributed by atoms with van der Waals surface area (Å²) in [4.78, 5) is 24.2. The van der Waals surface area contributed by atoms with Gasteiger partial charge in [-0.15, -0.1) is 0 Å². The molecule has 2 aliphatic rings. The predicted molar refractivity (Wildman–Crippen MR) is 143 cm³/mol. The summed E-state index contributed by atoms with van der Waals surface area (Å²) in [7, 11) is 0. The first-order chi connectivity index (χ1) is 18.5. The fourth-order valence-electron chi connectivity index (χ4n) is 4.99. The number of hydrogen-bond donors (Lipinski definition) is 3. The fourth-order valence-corrected chi connectivity index (χ4v) is 5.24. The lowest BCUT2D eigenvalue weighted by Gasteiger charge is -2.32. The van der Waals surface area contributed by atoms with Crippen LogP contribution in [0.4, 0.5) is 29.1 Å². The van der Waals surface area contributed by atoms with Gasteiger partial charge in [-0.25, -0.2) is 31.9 Å². The lowest BCUT2D eigenvalue weighted by Crippen LogP contribution is -2.45. The third kappa shape index (κ3) is 4.41. The smallest absolute Gasteiger partial charge is 0.355 e. The third-order valence-electron chi connectivity index (χ3n) is 6.97. The SMILES string of the molecule is CC1=C(n2c(=O)nc(N3CCNCC3)c3cc(F)c(-c4c(F)c(N)c(F)c(F)c4Cl)nc32)[C@@H](C(C)C)NC=C1. The lowest BCUT2D eigenvalue weighted by atomic mass is 9.95. The van der Waals surface area contributed by atoms with Gasteiger partial charge in [-0.05, 0) is 36.8 Å². The van der Waals surface area contributed by atoms with E-state index < -0.39 is 50.9 Å². The van der Waals surface area contributed by atoms with Crippen molar-refractivity contribution in [3.05, 3.63) is 62.7 Å². The van der Waals surface area contributed by atoms with Crippen LogP contribution in [0.15, 0.2) is 28.7 Å². The summed E-state index contributed by atoms with van der Waals surface area (Å²) in [5.74, 6) is -5.66. The highest BCUT2D eigenvalue weighted by atomic mass is 35.5. The Bertz CT molecular complexity index is 1580. The van der Waals surface area contributed by atoms with Gasteiger partial charge < -0.3 is 21.3 Å². The summed E-state index contributed by atoms with van der Waals surface area (Å²) in [5.41, 5.74) is 3.19. The molecule has 8 nitrogen and oxygen atoms in total. The molecule has 4 N–H and O–H groups in total. The Morgan fingerprint density at radius 2 is 1.79 bits per heavy atom. The predicted octanol–water partition coefficient (Wildman–Crippen LogP) is 4.03. The van der Waals surface area contributed by atoms with Crippen molar-refractivity contribution < 1.29 is 17.6 Å². The third-order valence-corrected chi connectivity index (χ3v) is 7.32. The van der Waals surface area contributed by atoms with Gasteiger partial charge in [0, 0.05) is 26.2 Å². The van der Waals surface area contributed by atoms with E-state index in [1.54, 1.807) is 12.3 Å². The van der Waals surface area contributed by atoms with Gasteiger partial charge in [-0.3, -0.25) is 0 Å². The number of hydrogen-bond acceptors (Lipinski definition) is 7. The first-order valence-corrected chi connectivity index (χ1v) is 12.7. The molecule has 0 spiro atoms. The molecule has 1 aromatic carbocycles. The van der Waals surface area contributed by atoms with Gasteiger partial charge in [-0.2, -0.15) is 4.98 Å². The van der Waals surface area contributed by atoms with Crippen LogP contribution < -0.4 is 27.0 Å². The standard InChI is InChI=1S/C26H26ClF4N7O/c1-11(2)21-23(12(3)4-5-34-21)38-25-13(24(36-26(38)39)37-8-6-33-7-9-37)10-14(28)22(35-25)15-16(27)18(30)19(31)20(32)17(15)29/h4-5,10-11,21,33-34H,6-9,32H2,1-3H3/t21-/m1/s1. The van der Waals surface area contributed by atoms with Crippen molar-refractivity contribution in [2.45, 2.75) is 26.8 Å². The molecule has 39 heavy (non-hydrogen) atoms. The van der Waals surface area contributed by atoms with E-state index in [0.717, 1.165) is 11.6 Å². The molecular formula is C26H26ClF4N7O. The van der Waals surface area contributed by atoms with Crippen molar-refractivity contribution in [3.63, 3.8) is 0 Å². The molecule has 0 amide bonds. The number of nitrogens with two attached hydrogens (primary N) is 1. The lowest BCUT2D eigenvalue weighted by molar-refractivity contribution is 0.501. The summed E-state index contributed by atoms with van der Waals surface area (Å²) in [6.45, 7) is 7.94. The Hall–Kier alpha value is -3.64. The number of nitrogens with zero attached hydrogens (tertiary/aromatic N) is 4. The number of rotatable bonds is 4. The number of benzene rings is 1. The van der Waals surface area contributed by atoms with Gasteiger partial charge in [0.05, 0.1) is 27.7 Å². The summed E-state index contributed by atoms with van der Waals surface area (Å²) >= 11 is 5.95. The van der Waals surface area contributed by atoms with E-state index in [4.69, 9.17) is 17.3 Å². The normalized spacial score (nSPS) is 17.9. The molecule has 1 fully saturated rings. The summed E-state index contributed by atoms with van der Waals surface area (Å²) in [6.07, 6.45) is 3.53. The molecule has 1 atom stereocenters. The zero-order valence-electron chi connectivity index (χ0n) is 21.4. The van der Waals surface area contributed by atoms with Gasteiger partial charge in [0.2, 0.25) is 0 Å². The van der Waals surface area contributed by atoms with E-state index in [-0.39, 0.29) is 28.8 Å². The van der Waals surface area contributed by atoms with E-state index in [0.29, 0.717) is 31.9 Å². The largest absolute Gasteiger partial charge is 0.394 e. The van der Waals surface area contributed by atoms with Crippen molar-refractivity contribution in [2.24, 2.45) is 5.92 Å². The van der Waals surface area contributed by atoms with Crippen LogP contribution in [-0.2, 0) is 0 Å². The first-order valence-electron chi connectivity index (χ1n) is 12.4. The van der Waals surface area contributed by atoms with Gasteiger partial charge in [-0.1, -0.05) is 25.4 Å². The van der Waals surface area contributed by atoms with Gasteiger partial charge in [0.15, 0.2) is 28.9 Å². The zero-order chi connectivity index (χ0) is 28.2. The number of pyridine rings is 1. The summed E-state index contributed by atoms with van der Waals surface area (Å²) < 4.78 is 60.7. The number of nitrogen functional groups attached to an aromatic ring is 1. The van der Waals surface area contributed by atoms with Crippen molar-refractivity contribution >= 4 is 39.8 Å². The Labute approximate surface area is 226 Å². The summed E-state index contributed by atoms with van der Waals surface area (Å²) in [6, 6.07) is 0.703. The maximum Gasteiger partial charge on any atom is 0.355 e. The highest BCUT2D eigenvalue weighted by Gasteiger charge is 2.31. The number of anilines is 2. The maximum atomic E-state index is 15.7.